The third-order valence-electron chi connectivity index (χ3n) is 3.17. The second kappa shape index (κ2) is 6.58. The number of ketones is 1. The Bertz CT molecular complexity index is 430. The van der Waals surface area contributed by atoms with Crippen LogP contribution < -0.4 is 0 Å². The van der Waals surface area contributed by atoms with Gasteiger partial charge in [-0.2, -0.15) is 11.8 Å². The normalized spacial score (nSPS) is 16.1. The predicted molar refractivity (Wildman–Crippen MR) is 74.8 cm³/mol. The maximum absolute atomic E-state index is 13.2. The number of benzene rings is 1. The van der Waals surface area contributed by atoms with E-state index in [1.54, 1.807) is 17.8 Å². The standard InChI is InChI=1S/C14H16ClFOS/c15-13-6-5-10(8-14(13)16)7-11(17)9-18-12-3-1-2-4-12/h5-6,8,12H,1-4,7,9H2. The highest BCUT2D eigenvalue weighted by molar-refractivity contribution is 8.00. The SMILES string of the molecule is O=C(CSC1CCCC1)Cc1ccc(Cl)c(F)c1. The topological polar surface area (TPSA) is 17.1 Å². The summed E-state index contributed by atoms with van der Waals surface area (Å²) in [4.78, 5) is 11.8. The Morgan fingerprint density at radius 3 is 2.78 bits per heavy atom. The van der Waals surface area contributed by atoms with Gasteiger partial charge in [0, 0.05) is 11.7 Å². The molecule has 0 radical (unpaired) electrons. The highest BCUT2D eigenvalue weighted by Gasteiger charge is 2.16. The average molecular weight is 287 g/mol. The molecule has 0 saturated heterocycles. The van der Waals surface area contributed by atoms with E-state index >= 15 is 0 Å². The van der Waals surface area contributed by atoms with Crippen molar-refractivity contribution >= 4 is 29.1 Å². The smallest absolute Gasteiger partial charge is 0.147 e. The largest absolute Gasteiger partial charge is 0.298 e. The second-order valence-corrected chi connectivity index (χ2v) is 6.38. The number of Topliss-reactive ketones (excluding diaryl/α,β-unsaturated/α-hetero) is 1. The molecule has 0 aliphatic heterocycles. The minimum absolute atomic E-state index is 0.103. The Labute approximate surface area is 116 Å². The fraction of sp³-hybridized carbons (Fsp3) is 0.500. The molecular weight excluding hydrogens is 271 g/mol. The molecule has 1 aromatic rings. The molecule has 0 unspecified atom stereocenters. The maximum Gasteiger partial charge on any atom is 0.147 e. The number of hydrogen-bond donors (Lipinski definition) is 0. The number of halogens is 2. The zero-order valence-corrected chi connectivity index (χ0v) is 11.7. The molecule has 0 heterocycles. The third-order valence-corrected chi connectivity index (χ3v) is 4.91. The zero-order chi connectivity index (χ0) is 13.0. The Balaban J connectivity index is 1.80. The lowest BCUT2D eigenvalue weighted by Crippen LogP contribution is -2.09. The van der Waals surface area contributed by atoms with E-state index in [9.17, 15) is 9.18 Å². The molecule has 18 heavy (non-hydrogen) atoms. The van der Waals surface area contributed by atoms with E-state index in [0.717, 1.165) is 0 Å². The van der Waals surface area contributed by atoms with Gasteiger partial charge in [-0.15, -0.1) is 0 Å². The summed E-state index contributed by atoms with van der Waals surface area (Å²) in [5, 5.41) is 0.752. The van der Waals surface area contributed by atoms with E-state index in [4.69, 9.17) is 11.6 Å². The van der Waals surface area contributed by atoms with E-state index < -0.39 is 5.82 Å². The molecule has 0 bridgehead atoms. The molecule has 0 aromatic heterocycles. The molecule has 1 saturated carbocycles. The van der Waals surface area contributed by atoms with Gasteiger partial charge in [0.25, 0.3) is 0 Å². The maximum atomic E-state index is 13.2. The minimum atomic E-state index is -0.453. The molecule has 0 spiro atoms. The minimum Gasteiger partial charge on any atom is -0.298 e. The van der Waals surface area contributed by atoms with Crippen LogP contribution in [0.1, 0.15) is 31.2 Å². The summed E-state index contributed by atoms with van der Waals surface area (Å²) in [6.45, 7) is 0. The molecule has 1 aromatic carbocycles. The van der Waals surface area contributed by atoms with Crippen LogP contribution >= 0.6 is 23.4 Å². The number of thioether (sulfide) groups is 1. The van der Waals surface area contributed by atoms with E-state index in [2.05, 4.69) is 0 Å². The quantitative estimate of drug-likeness (QED) is 0.804. The average Bonchev–Trinajstić information content (AvgIpc) is 2.84. The van der Waals surface area contributed by atoms with Crippen LogP contribution in [0, 0.1) is 5.82 Å². The molecule has 98 valence electrons. The van der Waals surface area contributed by atoms with Crippen molar-refractivity contribution in [2.45, 2.75) is 37.4 Å². The van der Waals surface area contributed by atoms with Crippen molar-refractivity contribution in [1.82, 2.24) is 0 Å². The zero-order valence-electron chi connectivity index (χ0n) is 10.1. The van der Waals surface area contributed by atoms with Crippen molar-refractivity contribution < 1.29 is 9.18 Å². The van der Waals surface area contributed by atoms with Gasteiger partial charge in [-0.1, -0.05) is 30.5 Å². The number of hydrogen-bond acceptors (Lipinski definition) is 2. The van der Waals surface area contributed by atoms with Crippen LogP contribution in [-0.2, 0) is 11.2 Å². The summed E-state index contributed by atoms with van der Waals surface area (Å²) in [5.41, 5.74) is 0.703. The summed E-state index contributed by atoms with van der Waals surface area (Å²) < 4.78 is 13.2. The Morgan fingerprint density at radius 1 is 1.39 bits per heavy atom. The first-order valence-electron chi connectivity index (χ1n) is 6.22. The van der Waals surface area contributed by atoms with Crippen molar-refractivity contribution in [2.24, 2.45) is 0 Å². The second-order valence-electron chi connectivity index (χ2n) is 4.68. The summed E-state index contributed by atoms with van der Waals surface area (Å²) in [6, 6.07) is 4.56. The highest BCUT2D eigenvalue weighted by Crippen LogP contribution is 2.29. The van der Waals surface area contributed by atoms with Crippen molar-refractivity contribution in [3.8, 4) is 0 Å². The summed E-state index contributed by atoms with van der Waals surface area (Å²) in [7, 11) is 0. The molecule has 0 N–H and O–H groups in total. The van der Waals surface area contributed by atoms with Gasteiger partial charge in [-0.25, -0.2) is 4.39 Å². The van der Waals surface area contributed by atoms with Crippen LogP contribution in [0.15, 0.2) is 18.2 Å². The van der Waals surface area contributed by atoms with Crippen molar-refractivity contribution in [1.29, 1.82) is 0 Å². The first-order chi connectivity index (χ1) is 8.65. The van der Waals surface area contributed by atoms with Crippen molar-refractivity contribution in [3.05, 3.63) is 34.6 Å². The van der Waals surface area contributed by atoms with Crippen LogP contribution in [0.4, 0.5) is 4.39 Å². The Hall–Kier alpha value is -0.540. The molecular formula is C14H16ClFOS. The molecule has 1 aliphatic carbocycles. The lowest BCUT2D eigenvalue weighted by molar-refractivity contribution is -0.116. The van der Waals surface area contributed by atoms with Gasteiger partial charge >= 0.3 is 0 Å². The van der Waals surface area contributed by atoms with E-state index in [-0.39, 0.29) is 10.8 Å². The van der Waals surface area contributed by atoms with Crippen LogP contribution in [-0.4, -0.2) is 16.8 Å². The van der Waals surface area contributed by atoms with Gasteiger partial charge in [0.15, 0.2) is 0 Å². The van der Waals surface area contributed by atoms with E-state index in [1.165, 1.54) is 37.8 Å². The first-order valence-corrected chi connectivity index (χ1v) is 7.65. The van der Waals surface area contributed by atoms with Gasteiger partial charge in [0.05, 0.1) is 10.8 Å². The van der Waals surface area contributed by atoms with Gasteiger partial charge in [0.1, 0.15) is 11.6 Å². The molecule has 1 nitrogen and oxygen atoms in total. The highest BCUT2D eigenvalue weighted by atomic mass is 35.5. The van der Waals surface area contributed by atoms with Gasteiger partial charge in [-0.05, 0) is 30.5 Å². The molecule has 4 heteroatoms. The Morgan fingerprint density at radius 2 is 2.11 bits per heavy atom. The fourth-order valence-corrected chi connectivity index (χ4v) is 3.50. The molecule has 1 aliphatic rings. The third kappa shape index (κ3) is 3.99. The lowest BCUT2D eigenvalue weighted by atomic mass is 10.1. The first kappa shape index (κ1) is 13.9. The Kier molecular flexibility index (Phi) is 5.07. The van der Waals surface area contributed by atoms with Gasteiger partial charge in [-0.3, -0.25) is 4.79 Å². The van der Waals surface area contributed by atoms with Crippen LogP contribution in [0.5, 0.6) is 0 Å². The fourth-order valence-electron chi connectivity index (χ4n) is 2.19. The van der Waals surface area contributed by atoms with Gasteiger partial charge < -0.3 is 0 Å². The van der Waals surface area contributed by atoms with Crippen molar-refractivity contribution in [2.75, 3.05) is 5.75 Å². The van der Waals surface area contributed by atoms with E-state index in [1.807, 2.05) is 0 Å². The monoisotopic (exact) mass is 286 g/mol. The van der Waals surface area contributed by atoms with Crippen LogP contribution in [0.2, 0.25) is 5.02 Å². The molecule has 2 rings (SSSR count). The van der Waals surface area contributed by atoms with Crippen molar-refractivity contribution in [3.63, 3.8) is 0 Å². The summed E-state index contributed by atoms with van der Waals surface area (Å²) >= 11 is 7.35. The molecule has 1 fully saturated rings. The predicted octanol–water partition coefficient (Wildman–Crippen LogP) is 4.27. The molecule has 0 atom stereocenters. The van der Waals surface area contributed by atoms with Gasteiger partial charge in [0.2, 0.25) is 0 Å². The number of carbonyl (C=O) groups excluding carboxylic acids is 1. The number of rotatable bonds is 5. The summed E-state index contributed by atoms with van der Waals surface area (Å²) in [6.07, 6.45) is 5.33. The lowest BCUT2D eigenvalue weighted by Gasteiger charge is -2.07. The van der Waals surface area contributed by atoms with E-state index in [0.29, 0.717) is 23.0 Å². The van der Waals surface area contributed by atoms with Crippen LogP contribution in [0.25, 0.3) is 0 Å². The number of carbonyl (C=O) groups is 1. The van der Waals surface area contributed by atoms with Crippen LogP contribution in [0.3, 0.4) is 0 Å². The molecule has 0 amide bonds. The summed E-state index contributed by atoms with van der Waals surface area (Å²) in [5.74, 6) is 0.244.